The van der Waals surface area contributed by atoms with Crippen molar-refractivity contribution in [2.75, 3.05) is 0 Å². The van der Waals surface area contributed by atoms with Crippen LogP contribution in [0.5, 0.6) is 0 Å². The molecule has 0 nitrogen and oxygen atoms in total. The van der Waals surface area contributed by atoms with Crippen molar-refractivity contribution in [3.05, 3.63) is 66.8 Å². The maximum absolute atomic E-state index is 2.31. The van der Waals surface area contributed by atoms with Crippen LogP contribution in [0.3, 0.4) is 0 Å². The van der Waals surface area contributed by atoms with Crippen LogP contribution in [0, 0.1) is 21.0 Å². The molecule has 0 radical (unpaired) electrons. The van der Waals surface area contributed by atoms with E-state index in [1.807, 2.05) is 0 Å². The molecule has 84 valence electrons. The van der Waals surface area contributed by atoms with E-state index in [-0.39, 0.29) is 0 Å². The molecule has 0 unspecified atom stereocenters. The minimum absolute atomic E-state index is 1.30. The summed E-state index contributed by atoms with van der Waals surface area (Å²) >= 11 is 4.60. The lowest BCUT2D eigenvalue weighted by atomic mass is 10.2. The molecule has 0 amide bonds. The van der Waals surface area contributed by atoms with Crippen molar-refractivity contribution in [2.24, 2.45) is 0 Å². The summed E-state index contributed by atoms with van der Waals surface area (Å²) in [6.07, 6.45) is 0. The monoisotopic (exact) mass is 436 g/mol. The quantitative estimate of drug-likeness (QED) is 0.499. The summed E-state index contributed by atoms with van der Waals surface area (Å²) in [7, 11) is 0. The van der Waals surface area contributed by atoms with Crippen molar-refractivity contribution in [1.29, 1.82) is 0 Å². The first-order chi connectivity index (χ1) is 7.58. The summed E-state index contributed by atoms with van der Waals surface area (Å²) in [5.74, 6) is 0. The molecular weight excluding hydrogens is 422 g/mol. The van der Waals surface area contributed by atoms with Gasteiger partial charge in [-0.05, 0) is 83.3 Å². The molecule has 0 heterocycles. The van der Waals surface area contributed by atoms with Gasteiger partial charge in [0.05, 0.1) is 0 Å². The summed E-state index contributed by atoms with van der Waals surface area (Å²) in [5, 5.41) is 0. The Kier molecular flexibility index (Phi) is 6.34. The van der Waals surface area contributed by atoms with Crippen molar-refractivity contribution in [2.45, 2.75) is 13.8 Å². The molecule has 0 spiro atoms. The summed E-state index contributed by atoms with van der Waals surface area (Å²) in [4.78, 5) is 0. The van der Waals surface area contributed by atoms with Gasteiger partial charge in [0.2, 0.25) is 0 Å². The van der Waals surface area contributed by atoms with E-state index >= 15 is 0 Å². The third-order valence-electron chi connectivity index (χ3n) is 1.99. The van der Waals surface area contributed by atoms with Crippen LogP contribution in [0.2, 0.25) is 0 Å². The van der Waals surface area contributed by atoms with Gasteiger partial charge < -0.3 is 0 Å². The molecule has 0 aliphatic carbocycles. The lowest BCUT2D eigenvalue weighted by Gasteiger charge is -1.89. The van der Waals surface area contributed by atoms with E-state index in [0.29, 0.717) is 0 Å². The molecular formula is C14H14I2. The Morgan fingerprint density at radius 2 is 1.31 bits per heavy atom. The van der Waals surface area contributed by atoms with Gasteiger partial charge in [0.1, 0.15) is 0 Å². The van der Waals surface area contributed by atoms with Crippen molar-refractivity contribution >= 4 is 45.2 Å². The fraction of sp³-hybridized carbons (Fsp3) is 0.143. The van der Waals surface area contributed by atoms with Crippen LogP contribution in [0.1, 0.15) is 11.1 Å². The summed E-state index contributed by atoms with van der Waals surface area (Å²) in [6, 6.07) is 16.8. The third-order valence-corrected chi connectivity index (χ3v) is 3.38. The normalized spacial score (nSPS) is 9.25. The van der Waals surface area contributed by atoms with E-state index < -0.39 is 0 Å². The van der Waals surface area contributed by atoms with E-state index in [0.717, 1.165) is 0 Å². The Labute approximate surface area is 125 Å². The highest BCUT2D eigenvalue weighted by atomic mass is 127. The lowest BCUT2D eigenvalue weighted by Crippen LogP contribution is -1.70. The predicted molar refractivity (Wildman–Crippen MR) is 87.8 cm³/mol. The smallest absolute Gasteiger partial charge is 0.0132 e. The molecule has 2 aromatic carbocycles. The highest BCUT2D eigenvalue weighted by molar-refractivity contribution is 14.1. The molecule has 0 bridgehead atoms. The summed E-state index contributed by atoms with van der Waals surface area (Å²) in [6.45, 7) is 4.19. The first-order valence-electron chi connectivity index (χ1n) is 5.02. The van der Waals surface area contributed by atoms with Gasteiger partial charge in [0.15, 0.2) is 0 Å². The van der Waals surface area contributed by atoms with Gasteiger partial charge in [-0.25, -0.2) is 0 Å². The van der Waals surface area contributed by atoms with Crippen LogP contribution in [0.4, 0.5) is 0 Å². The van der Waals surface area contributed by atoms with Gasteiger partial charge in [0.25, 0.3) is 0 Å². The molecule has 2 rings (SSSR count). The van der Waals surface area contributed by atoms with Crippen LogP contribution in [-0.4, -0.2) is 0 Å². The van der Waals surface area contributed by atoms with Gasteiger partial charge in [-0.15, -0.1) is 0 Å². The second-order valence-corrected chi connectivity index (χ2v) is 6.09. The number of hydrogen-bond acceptors (Lipinski definition) is 0. The molecule has 0 aliphatic heterocycles. The molecule has 2 heteroatoms. The Bertz CT molecular complexity index is 394. The molecule has 0 aliphatic rings. The maximum Gasteiger partial charge on any atom is 0.0132 e. The number of benzene rings is 2. The van der Waals surface area contributed by atoms with Gasteiger partial charge >= 0.3 is 0 Å². The Morgan fingerprint density at radius 3 is 1.69 bits per heavy atom. The van der Waals surface area contributed by atoms with Crippen LogP contribution < -0.4 is 0 Å². The summed E-state index contributed by atoms with van der Waals surface area (Å²) in [5.41, 5.74) is 2.65. The van der Waals surface area contributed by atoms with E-state index in [2.05, 4.69) is 108 Å². The number of rotatable bonds is 0. The molecule has 0 fully saturated rings. The Morgan fingerprint density at radius 1 is 0.688 bits per heavy atom. The van der Waals surface area contributed by atoms with E-state index in [9.17, 15) is 0 Å². The summed E-state index contributed by atoms with van der Waals surface area (Å²) < 4.78 is 2.61. The zero-order valence-electron chi connectivity index (χ0n) is 9.37. The van der Waals surface area contributed by atoms with E-state index in [1.54, 1.807) is 0 Å². The molecule has 0 atom stereocenters. The van der Waals surface area contributed by atoms with Gasteiger partial charge in [0, 0.05) is 7.14 Å². The zero-order valence-corrected chi connectivity index (χ0v) is 13.7. The minimum atomic E-state index is 1.30. The van der Waals surface area contributed by atoms with Crippen LogP contribution in [0.25, 0.3) is 0 Å². The minimum Gasteiger partial charge on any atom is -0.0610 e. The van der Waals surface area contributed by atoms with Crippen LogP contribution in [-0.2, 0) is 0 Å². The zero-order chi connectivity index (χ0) is 12.0. The van der Waals surface area contributed by atoms with Crippen molar-refractivity contribution in [3.63, 3.8) is 0 Å². The van der Waals surface area contributed by atoms with E-state index in [4.69, 9.17) is 0 Å². The maximum atomic E-state index is 2.31. The molecule has 0 N–H and O–H groups in total. The average Bonchev–Trinajstić information content (AvgIpc) is 2.23. The first-order valence-corrected chi connectivity index (χ1v) is 7.18. The second-order valence-electron chi connectivity index (χ2n) is 3.59. The van der Waals surface area contributed by atoms with E-state index in [1.165, 1.54) is 18.3 Å². The topological polar surface area (TPSA) is 0 Å². The first kappa shape index (κ1) is 14.0. The Balaban J connectivity index is 0.000000160. The highest BCUT2D eigenvalue weighted by Gasteiger charge is 1.82. The second kappa shape index (κ2) is 7.27. The van der Waals surface area contributed by atoms with Gasteiger partial charge in [-0.2, -0.15) is 0 Å². The predicted octanol–water partition coefficient (Wildman–Crippen LogP) is 5.20. The molecule has 0 aromatic heterocycles. The number of hydrogen-bond donors (Lipinski definition) is 0. The molecule has 0 saturated carbocycles. The lowest BCUT2D eigenvalue weighted by molar-refractivity contribution is 1.45. The molecule has 16 heavy (non-hydrogen) atoms. The number of halogens is 2. The van der Waals surface area contributed by atoms with Gasteiger partial charge in [-0.1, -0.05) is 35.4 Å². The fourth-order valence-corrected chi connectivity index (χ4v) is 2.20. The van der Waals surface area contributed by atoms with Crippen molar-refractivity contribution in [3.8, 4) is 0 Å². The number of aryl methyl sites for hydroxylation is 2. The Hall–Kier alpha value is -0.100. The SMILES string of the molecule is Cc1ccc(I)cc1.Cc1cccc(I)c1. The van der Waals surface area contributed by atoms with Crippen LogP contribution in [0.15, 0.2) is 48.5 Å². The molecule has 2 aromatic rings. The molecule has 0 saturated heterocycles. The van der Waals surface area contributed by atoms with Crippen molar-refractivity contribution < 1.29 is 0 Å². The third kappa shape index (κ3) is 5.84. The largest absolute Gasteiger partial charge is 0.0610 e. The van der Waals surface area contributed by atoms with Crippen molar-refractivity contribution in [1.82, 2.24) is 0 Å². The highest BCUT2D eigenvalue weighted by Crippen LogP contribution is 2.05. The van der Waals surface area contributed by atoms with Crippen LogP contribution >= 0.6 is 45.2 Å². The average molecular weight is 436 g/mol. The van der Waals surface area contributed by atoms with Gasteiger partial charge in [-0.3, -0.25) is 0 Å². The standard InChI is InChI=1S/2C7H7I/c1-6-2-4-7(8)5-3-6;1-6-3-2-4-7(8)5-6/h2*2-5H,1H3. The fourth-order valence-electron chi connectivity index (χ4n) is 1.14.